The lowest BCUT2D eigenvalue weighted by atomic mass is 10.1. The van der Waals surface area contributed by atoms with E-state index in [0.29, 0.717) is 5.56 Å². The van der Waals surface area contributed by atoms with Crippen molar-refractivity contribution in [3.8, 4) is 0 Å². The first-order valence-corrected chi connectivity index (χ1v) is 5.91. The zero-order chi connectivity index (χ0) is 12.7. The molecule has 0 aromatic heterocycles. The van der Waals surface area contributed by atoms with Crippen LogP contribution in [0.4, 0.5) is 13.2 Å². The predicted octanol–water partition coefficient (Wildman–Crippen LogP) is 3.99. The van der Waals surface area contributed by atoms with Crippen LogP contribution in [0.15, 0.2) is 24.3 Å². The minimum atomic E-state index is -4.26. The van der Waals surface area contributed by atoms with E-state index in [2.05, 4.69) is 12.2 Å². The summed E-state index contributed by atoms with van der Waals surface area (Å²) in [4.78, 5) is 0. The molecule has 0 saturated heterocycles. The molecule has 1 aromatic carbocycles. The fourth-order valence-electron chi connectivity index (χ4n) is 1.67. The van der Waals surface area contributed by atoms with Crippen LogP contribution in [0.5, 0.6) is 0 Å². The Labute approximate surface area is 100 Å². The number of nitrogens with one attached hydrogen (secondary N) is 1. The van der Waals surface area contributed by atoms with Crippen molar-refractivity contribution in [2.75, 3.05) is 6.54 Å². The van der Waals surface area contributed by atoms with Crippen molar-refractivity contribution in [3.05, 3.63) is 35.4 Å². The molecule has 4 heteroatoms. The predicted molar refractivity (Wildman–Crippen MR) is 62.7 cm³/mol. The van der Waals surface area contributed by atoms with Crippen LogP contribution in [0.1, 0.15) is 37.3 Å². The molecule has 1 nitrogen and oxygen atoms in total. The molecule has 0 radical (unpaired) electrons. The van der Waals surface area contributed by atoms with E-state index in [1.165, 1.54) is 12.1 Å². The molecular weight excluding hydrogens is 227 g/mol. The lowest BCUT2D eigenvalue weighted by Gasteiger charge is -2.13. The van der Waals surface area contributed by atoms with Gasteiger partial charge >= 0.3 is 6.18 Å². The second-order valence-corrected chi connectivity index (χ2v) is 4.04. The SMILES string of the molecule is CCCCCNCc1ccccc1C(F)(F)F. The fraction of sp³-hybridized carbons (Fsp3) is 0.538. The van der Waals surface area contributed by atoms with Gasteiger partial charge in [-0.05, 0) is 24.6 Å². The van der Waals surface area contributed by atoms with Crippen molar-refractivity contribution in [1.82, 2.24) is 5.32 Å². The van der Waals surface area contributed by atoms with E-state index >= 15 is 0 Å². The Kier molecular flexibility index (Phi) is 5.48. The number of unbranched alkanes of at least 4 members (excludes halogenated alkanes) is 2. The molecule has 0 fully saturated rings. The van der Waals surface area contributed by atoms with E-state index in [0.717, 1.165) is 31.9 Å². The molecule has 0 amide bonds. The van der Waals surface area contributed by atoms with Gasteiger partial charge in [-0.1, -0.05) is 38.0 Å². The first-order valence-electron chi connectivity index (χ1n) is 5.91. The summed E-state index contributed by atoms with van der Waals surface area (Å²) in [5, 5.41) is 3.05. The van der Waals surface area contributed by atoms with E-state index in [1.807, 2.05) is 0 Å². The molecule has 0 aliphatic heterocycles. The van der Waals surface area contributed by atoms with Crippen LogP contribution < -0.4 is 5.32 Å². The van der Waals surface area contributed by atoms with Gasteiger partial charge in [-0.3, -0.25) is 0 Å². The summed E-state index contributed by atoms with van der Waals surface area (Å²) in [6.07, 6.45) is -1.04. The van der Waals surface area contributed by atoms with Gasteiger partial charge in [0.15, 0.2) is 0 Å². The average Bonchev–Trinajstić information content (AvgIpc) is 2.28. The molecule has 0 saturated carbocycles. The number of alkyl halides is 3. The maximum absolute atomic E-state index is 12.7. The Morgan fingerprint density at radius 1 is 1.12 bits per heavy atom. The third-order valence-electron chi connectivity index (χ3n) is 2.60. The third-order valence-corrected chi connectivity index (χ3v) is 2.60. The second kappa shape index (κ2) is 6.64. The minimum Gasteiger partial charge on any atom is -0.313 e. The third kappa shape index (κ3) is 4.77. The first kappa shape index (κ1) is 14.0. The van der Waals surface area contributed by atoms with E-state index in [1.54, 1.807) is 6.07 Å². The van der Waals surface area contributed by atoms with Crippen molar-refractivity contribution in [3.63, 3.8) is 0 Å². The number of rotatable bonds is 6. The lowest BCUT2D eigenvalue weighted by molar-refractivity contribution is -0.138. The van der Waals surface area contributed by atoms with Crippen LogP contribution in [-0.4, -0.2) is 6.54 Å². The van der Waals surface area contributed by atoms with E-state index in [-0.39, 0.29) is 6.54 Å². The highest BCUT2D eigenvalue weighted by Gasteiger charge is 2.32. The monoisotopic (exact) mass is 245 g/mol. The van der Waals surface area contributed by atoms with E-state index in [4.69, 9.17) is 0 Å². The van der Waals surface area contributed by atoms with Gasteiger partial charge in [-0.25, -0.2) is 0 Å². The highest BCUT2D eigenvalue weighted by molar-refractivity contribution is 5.29. The Balaban J connectivity index is 2.53. The molecule has 0 atom stereocenters. The number of hydrogen-bond donors (Lipinski definition) is 1. The fourth-order valence-corrected chi connectivity index (χ4v) is 1.67. The lowest BCUT2D eigenvalue weighted by Crippen LogP contribution is -2.18. The highest BCUT2D eigenvalue weighted by Crippen LogP contribution is 2.31. The molecule has 96 valence electrons. The number of benzene rings is 1. The van der Waals surface area contributed by atoms with Gasteiger partial charge in [-0.15, -0.1) is 0 Å². The zero-order valence-electron chi connectivity index (χ0n) is 9.98. The molecule has 0 unspecified atom stereocenters. The van der Waals surface area contributed by atoms with E-state index < -0.39 is 11.7 Å². The number of halogens is 3. The Hall–Kier alpha value is -1.03. The summed E-state index contributed by atoms with van der Waals surface area (Å²) in [5.74, 6) is 0. The van der Waals surface area contributed by atoms with Crippen LogP contribution in [0, 0.1) is 0 Å². The van der Waals surface area contributed by atoms with Crippen LogP contribution in [0.2, 0.25) is 0 Å². The molecule has 17 heavy (non-hydrogen) atoms. The van der Waals surface area contributed by atoms with Gasteiger partial charge in [0.05, 0.1) is 5.56 Å². The molecule has 0 bridgehead atoms. The van der Waals surface area contributed by atoms with Crippen molar-refractivity contribution in [2.24, 2.45) is 0 Å². The summed E-state index contributed by atoms with van der Waals surface area (Å²) >= 11 is 0. The topological polar surface area (TPSA) is 12.0 Å². The van der Waals surface area contributed by atoms with Crippen LogP contribution in [0.3, 0.4) is 0 Å². The van der Waals surface area contributed by atoms with E-state index in [9.17, 15) is 13.2 Å². The molecule has 0 heterocycles. The van der Waals surface area contributed by atoms with Crippen molar-refractivity contribution in [1.29, 1.82) is 0 Å². The van der Waals surface area contributed by atoms with Gasteiger partial charge < -0.3 is 5.32 Å². The largest absolute Gasteiger partial charge is 0.416 e. The van der Waals surface area contributed by atoms with Crippen molar-refractivity contribution in [2.45, 2.75) is 38.9 Å². The Morgan fingerprint density at radius 2 is 1.82 bits per heavy atom. The molecule has 1 N–H and O–H groups in total. The normalized spacial score (nSPS) is 11.8. The summed E-state index contributed by atoms with van der Waals surface area (Å²) in [6, 6.07) is 5.71. The zero-order valence-corrected chi connectivity index (χ0v) is 9.98. The second-order valence-electron chi connectivity index (χ2n) is 4.04. The van der Waals surface area contributed by atoms with Gasteiger partial charge in [-0.2, -0.15) is 13.2 Å². The Morgan fingerprint density at radius 3 is 2.47 bits per heavy atom. The first-order chi connectivity index (χ1) is 8.05. The van der Waals surface area contributed by atoms with Crippen LogP contribution in [0.25, 0.3) is 0 Å². The average molecular weight is 245 g/mol. The molecule has 0 spiro atoms. The molecule has 0 aliphatic carbocycles. The summed E-state index contributed by atoms with van der Waals surface area (Å²) in [5.41, 5.74) is -0.223. The van der Waals surface area contributed by atoms with Crippen LogP contribution in [-0.2, 0) is 12.7 Å². The van der Waals surface area contributed by atoms with Gasteiger partial charge in [0.25, 0.3) is 0 Å². The summed E-state index contributed by atoms with van der Waals surface area (Å²) in [7, 11) is 0. The van der Waals surface area contributed by atoms with Gasteiger partial charge in [0.2, 0.25) is 0 Å². The Bertz CT molecular complexity index is 334. The minimum absolute atomic E-state index is 0.277. The van der Waals surface area contributed by atoms with Crippen molar-refractivity contribution < 1.29 is 13.2 Å². The molecule has 0 aliphatic rings. The summed E-state index contributed by atoms with van der Waals surface area (Å²) in [6.45, 7) is 3.14. The van der Waals surface area contributed by atoms with Crippen molar-refractivity contribution >= 4 is 0 Å². The number of hydrogen-bond acceptors (Lipinski definition) is 1. The standard InChI is InChI=1S/C13H18F3N/c1-2-3-6-9-17-10-11-7-4-5-8-12(11)13(14,15)16/h4-5,7-8,17H,2-3,6,9-10H2,1H3. The van der Waals surface area contributed by atoms with Gasteiger partial charge in [0, 0.05) is 6.54 Å². The molecule has 1 aromatic rings. The summed E-state index contributed by atoms with van der Waals surface area (Å²) < 4.78 is 38.0. The quantitative estimate of drug-likeness (QED) is 0.747. The molecular formula is C13H18F3N. The smallest absolute Gasteiger partial charge is 0.313 e. The van der Waals surface area contributed by atoms with Crippen LogP contribution >= 0.6 is 0 Å². The molecule has 1 rings (SSSR count). The van der Waals surface area contributed by atoms with Gasteiger partial charge in [0.1, 0.15) is 0 Å². The maximum Gasteiger partial charge on any atom is 0.416 e. The highest BCUT2D eigenvalue weighted by atomic mass is 19.4. The maximum atomic E-state index is 12.7.